The van der Waals surface area contributed by atoms with Gasteiger partial charge in [0.25, 0.3) is 5.91 Å². The molecule has 1 amide bonds. The van der Waals surface area contributed by atoms with Crippen LogP contribution < -0.4 is 19.9 Å². The summed E-state index contributed by atoms with van der Waals surface area (Å²) >= 11 is 0. The first-order chi connectivity index (χ1) is 19.3. The van der Waals surface area contributed by atoms with Crippen LogP contribution >= 0.6 is 0 Å². The zero-order valence-corrected chi connectivity index (χ0v) is 23.4. The van der Waals surface area contributed by atoms with Gasteiger partial charge in [0.05, 0.1) is 18.3 Å². The van der Waals surface area contributed by atoms with Gasteiger partial charge in [-0.2, -0.15) is 5.10 Å². The number of ether oxygens (including phenoxy) is 1. The second kappa shape index (κ2) is 11.4. The number of methoxy groups -OCH3 is 1. The van der Waals surface area contributed by atoms with Crippen molar-refractivity contribution in [1.29, 1.82) is 0 Å². The van der Waals surface area contributed by atoms with Gasteiger partial charge in [-0.15, -0.1) is 0 Å². The van der Waals surface area contributed by atoms with Crippen LogP contribution in [0.1, 0.15) is 27.2 Å². The smallest absolute Gasteiger partial charge is 0.255 e. The van der Waals surface area contributed by atoms with E-state index in [1.165, 1.54) is 0 Å². The van der Waals surface area contributed by atoms with Crippen molar-refractivity contribution in [2.45, 2.75) is 6.92 Å². The molecule has 0 bridgehead atoms. The summed E-state index contributed by atoms with van der Waals surface area (Å²) < 4.78 is 5.36. The number of aromatic nitrogens is 2. The van der Waals surface area contributed by atoms with E-state index in [2.05, 4.69) is 50.8 Å². The van der Waals surface area contributed by atoms with E-state index in [0.29, 0.717) is 5.56 Å². The van der Waals surface area contributed by atoms with Crippen molar-refractivity contribution in [2.24, 2.45) is 0 Å². The molecule has 0 saturated carbocycles. The van der Waals surface area contributed by atoms with E-state index in [1.54, 1.807) is 7.11 Å². The number of benzene rings is 4. The zero-order chi connectivity index (χ0) is 28.2. The number of nitrogens with zero attached hydrogens (tertiary/aromatic N) is 3. The van der Waals surface area contributed by atoms with Crippen LogP contribution in [0.5, 0.6) is 5.75 Å². The lowest BCUT2D eigenvalue weighted by molar-refractivity contribution is 0.102. The van der Waals surface area contributed by atoms with Crippen LogP contribution in [0.4, 0.5) is 22.7 Å². The highest BCUT2D eigenvalue weighted by Crippen LogP contribution is 2.30. The third kappa shape index (κ3) is 5.68. The molecule has 1 heterocycles. The molecule has 0 atom stereocenters. The van der Waals surface area contributed by atoms with Crippen LogP contribution in [-0.4, -0.2) is 44.4 Å². The van der Waals surface area contributed by atoms with E-state index >= 15 is 0 Å². The molecule has 4 aromatic carbocycles. The lowest BCUT2D eigenvalue weighted by atomic mass is 10.1. The summed E-state index contributed by atoms with van der Waals surface area (Å²) in [6.45, 7) is 2.03. The summed E-state index contributed by atoms with van der Waals surface area (Å²) in [4.78, 5) is 17.0. The van der Waals surface area contributed by atoms with Crippen LogP contribution in [0.15, 0.2) is 84.9 Å². The van der Waals surface area contributed by atoms with E-state index in [9.17, 15) is 4.79 Å². The van der Waals surface area contributed by atoms with Crippen LogP contribution in [-0.2, 0) is 0 Å². The minimum atomic E-state index is -0.146. The van der Waals surface area contributed by atoms with E-state index in [-0.39, 0.29) is 5.91 Å². The number of carbonyl (C=O) groups is 1. The summed E-state index contributed by atoms with van der Waals surface area (Å²) in [7, 11) is 7.60. The van der Waals surface area contributed by atoms with E-state index in [1.807, 2.05) is 99.7 Å². The molecule has 7 nitrogen and oxygen atoms in total. The number of H-pyrrole nitrogens is 1. The number of rotatable bonds is 8. The van der Waals surface area contributed by atoms with Gasteiger partial charge in [-0.25, -0.2) is 0 Å². The minimum Gasteiger partial charge on any atom is -0.496 e. The molecule has 5 aromatic rings. The van der Waals surface area contributed by atoms with Crippen molar-refractivity contribution in [3.8, 4) is 5.75 Å². The van der Waals surface area contributed by atoms with Crippen LogP contribution in [0.2, 0.25) is 0 Å². The van der Waals surface area contributed by atoms with Gasteiger partial charge in [0.15, 0.2) is 0 Å². The van der Waals surface area contributed by atoms with Crippen molar-refractivity contribution in [2.75, 3.05) is 43.4 Å². The van der Waals surface area contributed by atoms with Gasteiger partial charge in [-0.05, 0) is 90.9 Å². The summed E-state index contributed by atoms with van der Waals surface area (Å²) in [5.74, 6) is 0.731. The fourth-order valence-corrected chi connectivity index (χ4v) is 4.61. The Morgan fingerprint density at radius 1 is 0.875 bits per heavy atom. The Balaban J connectivity index is 1.32. The second-order valence-corrected chi connectivity index (χ2v) is 9.91. The van der Waals surface area contributed by atoms with Gasteiger partial charge in [0.2, 0.25) is 0 Å². The zero-order valence-electron chi connectivity index (χ0n) is 23.4. The average Bonchev–Trinajstić information content (AvgIpc) is 3.38. The van der Waals surface area contributed by atoms with Crippen LogP contribution in [0, 0.1) is 6.92 Å². The molecule has 40 heavy (non-hydrogen) atoms. The van der Waals surface area contributed by atoms with E-state index in [4.69, 9.17) is 4.74 Å². The maximum atomic E-state index is 12.9. The predicted octanol–water partition coefficient (Wildman–Crippen LogP) is 7.14. The summed E-state index contributed by atoms with van der Waals surface area (Å²) in [5, 5.41) is 11.8. The highest BCUT2D eigenvalue weighted by Gasteiger charge is 2.11. The maximum Gasteiger partial charge on any atom is 0.255 e. The Morgan fingerprint density at radius 3 is 2.42 bits per heavy atom. The normalized spacial score (nSPS) is 11.1. The molecular formula is C33H33N5O2. The molecule has 1 aromatic heterocycles. The van der Waals surface area contributed by atoms with Crippen LogP contribution in [0.25, 0.3) is 23.1 Å². The second-order valence-electron chi connectivity index (χ2n) is 9.91. The SMILES string of the molecule is COc1ccc(/C=C/c2n[nH]c3cc(N(C)c4cccc(NC(=O)c5cccc(N(C)C)c5)c4)ccc23)cc1C. The fraction of sp³-hybridized carbons (Fsp3) is 0.152. The molecule has 0 radical (unpaired) electrons. The third-order valence-corrected chi connectivity index (χ3v) is 6.93. The maximum absolute atomic E-state index is 12.9. The highest BCUT2D eigenvalue weighted by atomic mass is 16.5. The number of nitrogens with one attached hydrogen (secondary N) is 2. The number of aromatic amines is 1. The average molecular weight is 532 g/mol. The lowest BCUT2D eigenvalue weighted by Gasteiger charge is -2.20. The first-order valence-electron chi connectivity index (χ1n) is 13.1. The summed E-state index contributed by atoms with van der Waals surface area (Å²) in [5.41, 5.74) is 8.27. The minimum absolute atomic E-state index is 0.146. The molecule has 0 spiro atoms. The van der Waals surface area contributed by atoms with Gasteiger partial charge in [-0.1, -0.05) is 24.3 Å². The third-order valence-electron chi connectivity index (χ3n) is 6.93. The number of aryl methyl sites for hydroxylation is 1. The first-order valence-corrected chi connectivity index (χ1v) is 13.1. The van der Waals surface area contributed by atoms with Crippen molar-refractivity contribution in [3.05, 3.63) is 107 Å². The molecular weight excluding hydrogens is 498 g/mol. The molecule has 0 fully saturated rings. The fourth-order valence-electron chi connectivity index (χ4n) is 4.61. The first kappa shape index (κ1) is 26.6. The molecule has 0 saturated heterocycles. The van der Waals surface area contributed by atoms with Crippen molar-refractivity contribution in [3.63, 3.8) is 0 Å². The molecule has 5 rings (SSSR count). The molecule has 202 valence electrons. The van der Waals surface area contributed by atoms with Crippen molar-refractivity contribution >= 4 is 51.7 Å². The van der Waals surface area contributed by atoms with Crippen LogP contribution in [0.3, 0.4) is 0 Å². The lowest BCUT2D eigenvalue weighted by Crippen LogP contribution is -2.15. The molecule has 0 unspecified atom stereocenters. The standard InChI is InChI=1S/C33H33N5O2/c1-22-18-23(13-17-32(22)40-5)12-16-30-29-15-14-28(21-31(29)36-35-30)38(4)27-11-7-9-25(20-27)34-33(39)24-8-6-10-26(19-24)37(2)3/h6-21H,1-5H3,(H,34,39)(H,35,36)/b16-12+. The summed E-state index contributed by atoms with van der Waals surface area (Å²) in [6, 6.07) is 27.7. The summed E-state index contributed by atoms with van der Waals surface area (Å²) in [6.07, 6.45) is 4.07. The molecule has 0 aliphatic heterocycles. The van der Waals surface area contributed by atoms with E-state index in [0.717, 1.165) is 56.2 Å². The molecule has 2 N–H and O–H groups in total. The van der Waals surface area contributed by atoms with Gasteiger partial charge in [0.1, 0.15) is 5.75 Å². The number of carbonyl (C=O) groups excluding carboxylic acids is 1. The monoisotopic (exact) mass is 531 g/mol. The number of hydrogen-bond acceptors (Lipinski definition) is 5. The quantitative estimate of drug-likeness (QED) is 0.223. The topological polar surface area (TPSA) is 73.5 Å². The Bertz CT molecular complexity index is 1700. The van der Waals surface area contributed by atoms with Gasteiger partial charge < -0.3 is 19.9 Å². The van der Waals surface area contributed by atoms with Gasteiger partial charge in [-0.3, -0.25) is 9.89 Å². The Kier molecular flexibility index (Phi) is 7.55. The Hall–Kier alpha value is -5.04. The van der Waals surface area contributed by atoms with Crippen molar-refractivity contribution in [1.82, 2.24) is 10.2 Å². The van der Waals surface area contributed by atoms with E-state index < -0.39 is 0 Å². The molecule has 0 aliphatic rings. The molecule has 0 aliphatic carbocycles. The number of amides is 1. The number of fused-ring (bicyclic) bond motifs is 1. The predicted molar refractivity (Wildman–Crippen MR) is 166 cm³/mol. The number of hydrogen-bond donors (Lipinski definition) is 2. The highest BCUT2D eigenvalue weighted by molar-refractivity contribution is 6.05. The molecule has 7 heteroatoms. The number of anilines is 4. The Labute approximate surface area is 234 Å². The Morgan fingerprint density at radius 2 is 1.65 bits per heavy atom. The van der Waals surface area contributed by atoms with Crippen molar-refractivity contribution < 1.29 is 9.53 Å². The van der Waals surface area contributed by atoms with Gasteiger partial charge >= 0.3 is 0 Å². The largest absolute Gasteiger partial charge is 0.496 e. The van der Waals surface area contributed by atoms with Gasteiger partial charge in [0, 0.05) is 54.8 Å².